The number of sulfonamides is 1. The maximum absolute atomic E-state index is 12.4. The van der Waals surface area contributed by atoms with Gasteiger partial charge in [-0.3, -0.25) is 9.69 Å². The summed E-state index contributed by atoms with van der Waals surface area (Å²) in [5.41, 5.74) is 0. The zero-order chi connectivity index (χ0) is 16.9. The third kappa shape index (κ3) is 5.72. The van der Waals surface area contributed by atoms with Crippen LogP contribution in [0, 0.1) is 0 Å². The molecule has 0 unspecified atom stereocenters. The molecule has 0 aromatic heterocycles. The van der Waals surface area contributed by atoms with Crippen LogP contribution in [0.25, 0.3) is 0 Å². The van der Waals surface area contributed by atoms with Crippen molar-refractivity contribution in [2.75, 3.05) is 31.9 Å². The summed E-state index contributed by atoms with van der Waals surface area (Å²) in [7, 11) is -3.14. The number of carbonyl (C=O) groups is 1. The normalized spacial score (nSPS) is 24.8. The quantitative estimate of drug-likeness (QED) is 0.785. The largest absolute Gasteiger partial charge is 0.339 e. The molecule has 0 spiro atoms. The summed E-state index contributed by atoms with van der Waals surface area (Å²) < 4.78 is 26.4. The molecule has 0 bridgehead atoms. The molecule has 2 fully saturated rings. The standard InChI is InChI=1S/C16H31N3O3S/c1-3-12-23(21,22)17-15-7-10-18(11-8-15)13-16(20)19-9-5-4-6-14(19)2/h14-15,17H,3-13H2,1-2H3/t14-/m0/s1. The van der Waals surface area contributed by atoms with Gasteiger partial charge in [-0.15, -0.1) is 0 Å². The Morgan fingerprint density at radius 3 is 2.43 bits per heavy atom. The lowest BCUT2D eigenvalue weighted by Gasteiger charge is -2.37. The highest BCUT2D eigenvalue weighted by Gasteiger charge is 2.27. The summed E-state index contributed by atoms with van der Waals surface area (Å²) in [5, 5.41) is 0. The van der Waals surface area contributed by atoms with Gasteiger partial charge in [0.05, 0.1) is 12.3 Å². The Labute approximate surface area is 140 Å². The molecule has 2 saturated heterocycles. The van der Waals surface area contributed by atoms with Crippen LogP contribution in [0.4, 0.5) is 0 Å². The van der Waals surface area contributed by atoms with Crippen LogP contribution in [-0.2, 0) is 14.8 Å². The number of nitrogens with one attached hydrogen (secondary N) is 1. The monoisotopic (exact) mass is 345 g/mol. The molecular formula is C16H31N3O3S. The van der Waals surface area contributed by atoms with Crippen molar-refractivity contribution in [2.45, 2.75) is 64.5 Å². The highest BCUT2D eigenvalue weighted by molar-refractivity contribution is 7.89. The van der Waals surface area contributed by atoms with E-state index < -0.39 is 10.0 Å². The second-order valence-corrected chi connectivity index (χ2v) is 8.79. The first-order chi connectivity index (χ1) is 10.9. The lowest BCUT2D eigenvalue weighted by molar-refractivity contribution is -0.135. The fourth-order valence-electron chi connectivity index (χ4n) is 3.54. The molecule has 134 valence electrons. The van der Waals surface area contributed by atoms with E-state index in [1.54, 1.807) is 0 Å². The van der Waals surface area contributed by atoms with E-state index in [1.807, 2.05) is 11.8 Å². The van der Waals surface area contributed by atoms with Crippen molar-refractivity contribution in [1.82, 2.24) is 14.5 Å². The highest BCUT2D eigenvalue weighted by Crippen LogP contribution is 2.18. The van der Waals surface area contributed by atoms with E-state index in [2.05, 4.69) is 16.5 Å². The molecule has 1 amide bonds. The lowest BCUT2D eigenvalue weighted by Crippen LogP contribution is -2.50. The minimum atomic E-state index is -3.14. The molecule has 0 aromatic rings. The summed E-state index contributed by atoms with van der Waals surface area (Å²) in [6.45, 7) is 6.92. The van der Waals surface area contributed by atoms with Crippen LogP contribution in [0.2, 0.25) is 0 Å². The van der Waals surface area contributed by atoms with Gasteiger partial charge in [-0.2, -0.15) is 0 Å². The first-order valence-electron chi connectivity index (χ1n) is 8.93. The molecule has 2 aliphatic rings. The van der Waals surface area contributed by atoms with Crippen molar-refractivity contribution in [3.05, 3.63) is 0 Å². The van der Waals surface area contributed by atoms with Gasteiger partial charge in [0.15, 0.2) is 0 Å². The van der Waals surface area contributed by atoms with Crippen molar-refractivity contribution in [2.24, 2.45) is 0 Å². The van der Waals surface area contributed by atoms with Gasteiger partial charge in [-0.05, 0) is 45.4 Å². The van der Waals surface area contributed by atoms with Gasteiger partial charge in [0.25, 0.3) is 0 Å². The molecule has 6 nitrogen and oxygen atoms in total. The number of likely N-dealkylation sites (tertiary alicyclic amines) is 2. The Morgan fingerprint density at radius 1 is 1.13 bits per heavy atom. The van der Waals surface area contributed by atoms with E-state index in [-0.39, 0.29) is 17.7 Å². The van der Waals surface area contributed by atoms with Gasteiger partial charge in [0.2, 0.25) is 15.9 Å². The van der Waals surface area contributed by atoms with Crippen molar-refractivity contribution < 1.29 is 13.2 Å². The highest BCUT2D eigenvalue weighted by atomic mass is 32.2. The van der Waals surface area contributed by atoms with Gasteiger partial charge in [0, 0.05) is 31.7 Å². The third-order valence-corrected chi connectivity index (χ3v) is 6.53. The maximum atomic E-state index is 12.4. The summed E-state index contributed by atoms with van der Waals surface area (Å²) in [5.74, 6) is 0.417. The van der Waals surface area contributed by atoms with E-state index in [4.69, 9.17) is 0 Å². The van der Waals surface area contributed by atoms with Crippen LogP contribution < -0.4 is 4.72 Å². The second-order valence-electron chi connectivity index (χ2n) is 6.92. The zero-order valence-electron chi connectivity index (χ0n) is 14.5. The Morgan fingerprint density at radius 2 is 1.83 bits per heavy atom. The minimum Gasteiger partial charge on any atom is -0.339 e. The summed E-state index contributed by atoms with van der Waals surface area (Å²) >= 11 is 0. The van der Waals surface area contributed by atoms with E-state index in [0.29, 0.717) is 19.0 Å². The fourth-order valence-corrected chi connectivity index (χ4v) is 4.94. The molecule has 1 atom stereocenters. The molecule has 1 N–H and O–H groups in total. The second kappa shape index (κ2) is 8.44. The lowest BCUT2D eigenvalue weighted by atomic mass is 10.0. The Balaban J connectivity index is 1.75. The van der Waals surface area contributed by atoms with Gasteiger partial charge < -0.3 is 4.90 Å². The van der Waals surface area contributed by atoms with E-state index in [1.165, 1.54) is 6.42 Å². The molecule has 0 saturated carbocycles. The number of carbonyl (C=O) groups excluding carboxylic acids is 1. The average molecular weight is 346 g/mol. The van der Waals surface area contributed by atoms with Crippen LogP contribution in [0.3, 0.4) is 0 Å². The van der Waals surface area contributed by atoms with Crippen molar-refractivity contribution in [3.63, 3.8) is 0 Å². The summed E-state index contributed by atoms with van der Waals surface area (Å²) in [6, 6.07) is 0.376. The fraction of sp³-hybridized carbons (Fsp3) is 0.938. The number of nitrogens with zero attached hydrogens (tertiary/aromatic N) is 2. The van der Waals surface area contributed by atoms with Crippen LogP contribution in [0.1, 0.15) is 52.4 Å². The SMILES string of the molecule is CCCS(=O)(=O)NC1CCN(CC(=O)N2CCCC[C@@H]2C)CC1. The Hall–Kier alpha value is -0.660. The van der Waals surface area contributed by atoms with Crippen molar-refractivity contribution in [3.8, 4) is 0 Å². The minimum absolute atomic E-state index is 0.0202. The first kappa shape index (κ1) is 18.7. The number of hydrogen-bond acceptors (Lipinski definition) is 4. The smallest absolute Gasteiger partial charge is 0.236 e. The zero-order valence-corrected chi connectivity index (χ0v) is 15.3. The number of piperidine rings is 2. The van der Waals surface area contributed by atoms with E-state index in [0.717, 1.165) is 45.3 Å². The van der Waals surface area contributed by atoms with Crippen molar-refractivity contribution in [1.29, 1.82) is 0 Å². The van der Waals surface area contributed by atoms with Gasteiger partial charge in [-0.1, -0.05) is 6.92 Å². The van der Waals surface area contributed by atoms with Gasteiger partial charge >= 0.3 is 0 Å². The third-order valence-electron chi connectivity index (χ3n) is 4.89. The van der Waals surface area contributed by atoms with Gasteiger partial charge in [0.1, 0.15) is 0 Å². The first-order valence-corrected chi connectivity index (χ1v) is 10.6. The predicted octanol–water partition coefficient (Wildman–Crippen LogP) is 1.18. The Bertz CT molecular complexity index is 487. The average Bonchev–Trinajstić information content (AvgIpc) is 2.49. The topological polar surface area (TPSA) is 69.7 Å². The molecule has 7 heteroatoms. The van der Waals surface area contributed by atoms with Crippen LogP contribution in [-0.4, -0.2) is 68.1 Å². The number of amides is 1. The molecule has 2 heterocycles. The van der Waals surface area contributed by atoms with Crippen LogP contribution >= 0.6 is 0 Å². The van der Waals surface area contributed by atoms with Gasteiger partial charge in [-0.25, -0.2) is 13.1 Å². The summed E-state index contributed by atoms with van der Waals surface area (Å²) in [6.07, 6.45) is 5.63. The van der Waals surface area contributed by atoms with Crippen LogP contribution in [0.15, 0.2) is 0 Å². The van der Waals surface area contributed by atoms with E-state index >= 15 is 0 Å². The molecular weight excluding hydrogens is 314 g/mol. The molecule has 0 aliphatic carbocycles. The molecule has 0 aromatic carbocycles. The number of hydrogen-bond donors (Lipinski definition) is 1. The molecule has 23 heavy (non-hydrogen) atoms. The van der Waals surface area contributed by atoms with Crippen LogP contribution in [0.5, 0.6) is 0 Å². The number of rotatable bonds is 6. The Kier molecular flexibility index (Phi) is 6.85. The van der Waals surface area contributed by atoms with E-state index in [9.17, 15) is 13.2 Å². The van der Waals surface area contributed by atoms with Crippen molar-refractivity contribution >= 4 is 15.9 Å². The maximum Gasteiger partial charge on any atom is 0.236 e. The molecule has 2 aliphatic heterocycles. The molecule has 0 radical (unpaired) electrons. The summed E-state index contributed by atoms with van der Waals surface area (Å²) in [4.78, 5) is 16.6. The molecule has 2 rings (SSSR count). The predicted molar refractivity (Wildman–Crippen MR) is 91.7 cm³/mol.